The van der Waals surface area contributed by atoms with E-state index in [4.69, 9.17) is 0 Å². The molecule has 0 unspecified atom stereocenters. The second-order valence-corrected chi connectivity index (χ2v) is 6.67. The molecule has 0 aromatic carbocycles. The molecule has 2 amide bonds. The zero-order valence-electron chi connectivity index (χ0n) is 12.6. The van der Waals surface area contributed by atoms with Gasteiger partial charge in [-0.05, 0) is 34.7 Å². The zero-order valence-corrected chi connectivity index (χ0v) is 13.4. The highest BCUT2D eigenvalue weighted by Gasteiger charge is 2.16. The fourth-order valence-corrected chi connectivity index (χ4v) is 2.28. The summed E-state index contributed by atoms with van der Waals surface area (Å²) in [5.74, 6) is -0.275. The van der Waals surface area contributed by atoms with Crippen LogP contribution in [0.25, 0.3) is 0 Å². The summed E-state index contributed by atoms with van der Waals surface area (Å²) in [6.07, 6.45) is 0. The zero-order chi connectivity index (χ0) is 15.3. The first-order valence-corrected chi connectivity index (χ1v) is 7.25. The van der Waals surface area contributed by atoms with Gasteiger partial charge in [-0.2, -0.15) is 0 Å². The van der Waals surface area contributed by atoms with E-state index in [0.717, 1.165) is 5.69 Å². The number of amides is 2. The van der Waals surface area contributed by atoms with E-state index >= 15 is 0 Å². The lowest BCUT2D eigenvalue weighted by atomic mass is 10.1. The highest BCUT2D eigenvalue weighted by Crippen LogP contribution is 2.13. The minimum Gasteiger partial charge on any atom is -0.350 e. The van der Waals surface area contributed by atoms with Crippen molar-refractivity contribution in [1.82, 2.24) is 15.2 Å². The quantitative estimate of drug-likeness (QED) is 0.857. The van der Waals surface area contributed by atoms with Crippen molar-refractivity contribution in [3.05, 3.63) is 11.1 Å². The van der Waals surface area contributed by atoms with Crippen LogP contribution in [0.4, 0.5) is 5.13 Å². The summed E-state index contributed by atoms with van der Waals surface area (Å²) in [4.78, 5) is 29.3. The summed E-state index contributed by atoms with van der Waals surface area (Å²) in [6.45, 7) is 7.96. The topological polar surface area (TPSA) is 74.3 Å². The molecule has 0 spiro atoms. The van der Waals surface area contributed by atoms with E-state index in [9.17, 15) is 9.59 Å². The standard InChI is InChI=1S/C13H22N4O2S/c1-9-8-20-12(14-9)15-10(18)6-17(5)7-11(19)16-13(2,3)4/h8H,6-7H2,1-5H3,(H,16,19)(H,14,15,18). The molecule has 1 aromatic rings. The molecule has 0 saturated carbocycles. The Bertz CT molecular complexity index is 479. The number of aryl methyl sites for hydroxylation is 1. The number of anilines is 1. The third-order valence-corrected chi connectivity index (χ3v) is 3.08. The van der Waals surface area contributed by atoms with Gasteiger partial charge in [0.1, 0.15) is 0 Å². The number of likely N-dealkylation sites (N-methyl/N-ethyl adjacent to an activating group) is 1. The molecule has 7 heteroatoms. The summed E-state index contributed by atoms with van der Waals surface area (Å²) in [5.41, 5.74) is 0.613. The predicted octanol–water partition coefficient (Wildman–Crippen LogP) is 1.24. The lowest BCUT2D eigenvalue weighted by Gasteiger charge is -2.23. The fraction of sp³-hybridized carbons (Fsp3) is 0.615. The number of hydrogen-bond donors (Lipinski definition) is 2. The van der Waals surface area contributed by atoms with Crippen LogP contribution in [-0.2, 0) is 9.59 Å². The van der Waals surface area contributed by atoms with Crippen LogP contribution in [-0.4, -0.2) is 47.4 Å². The van der Waals surface area contributed by atoms with Gasteiger partial charge in [-0.15, -0.1) is 11.3 Å². The molecule has 0 aliphatic heterocycles. The maximum Gasteiger partial charge on any atom is 0.240 e. The van der Waals surface area contributed by atoms with E-state index in [-0.39, 0.29) is 30.4 Å². The predicted molar refractivity (Wildman–Crippen MR) is 80.9 cm³/mol. The van der Waals surface area contributed by atoms with Crippen LogP contribution < -0.4 is 10.6 Å². The molecule has 6 nitrogen and oxygen atoms in total. The van der Waals surface area contributed by atoms with E-state index < -0.39 is 0 Å². The van der Waals surface area contributed by atoms with Crippen LogP contribution in [0.1, 0.15) is 26.5 Å². The first kappa shape index (κ1) is 16.6. The van der Waals surface area contributed by atoms with Crippen LogP contribution in [0.3, 0.4) is 0 Å². The molecule has 0 aliphatic carbocycles. The number of carbonyl (C=O) groups is 2. The van der Waals surface area contributed by atoms with Gasteiger partial charge >= 0.3 is 0 Å². The Morgan fingerprint density at radius 3 is 2.40 bits per heavy atom. The van der Waals surface area contributed by atoms with Crippen molar-refractivity contribution in [3.8, 4) is 0 Å². The molecule has 112 valence electrons. The number of nitrogens with zero attached hydrogens (tertiary/aromatic N) is 2. The summed E-state index contributed by atoms with van der Waals surface area (Å²) in [7, 11) is 1.73. The molecule has 1 aromatic heterocycles. The van der Waals surface area contributed by atoms with Gasteiger partial charge in [-0.3, -0.25) is 14.5 Å². The molecule has 2 N–H and O–H groups in total. The Hall–Kier alpha value is -1.47. The van der Waals surface area contributed by atoms with Crippen LogP contribution >= 0.6 is 11.3 Å². The number of nitrogens with one attached hydrogen (secondary N) is 2. The smallest absolute Gasteiger partial charge is 0.240 e. The van der Waals surface area contributed by atoms with Gasteiger partial charge < -0.3 is 10.6 Å². The summed E-state index contributed by atoms with van der Waals surface area (Å²) < 4.78 is 0. The fourth-order valence-electron chi connectivity index (χ4n) is 1.57. The second kappa shape index (κ2) is 6.81. The van der Waals surface area contributed by atoms with Crippen LogP contribution in [0.2, 0.25) is 0 Å². The van der Waals surface area contributed by atoms with Crippen molar-refractivity contribution in [2.75, 3.05) is 25.5 Å². The molecule has 0 bridgehead atoms. The molecule has 20 heavy (non-hydrogen) atoms. The van der Waals surface area contributed by atoms with Gasteiger partial charge in [0.15, 0.2) is 5.13 Å². The normalized spacial score (nSPS) is 11.5. The molecule has 0 aliphatic rings. The SMILES string of the molecule is Cc1csc(NC(=O)CN(C)CC(=O)NC(C)(C)C)n1. The summed E-state index contributed by atoms with van der Waals surface area (Å²) in [6, 6.07) is 0. The molecule has 1 heterocycles. The second-order valence-electron chi connectivity index (χ2n) is 5.81. The number of aromatic nitrogens is 1. The molecular weight excluding hydrogens is 276 g/mol. The lowest BCUT2D eigenvalue weighted by Crippen LogP contribution is -2.46. The van der Waals surface area contributed by atoms with E-state index in [2.05, 4.69) is 15.6 Å². The monoisotopic (exact) mass is 298 g/mol. The lowest BCUT2D eigenvalue weighted by molar-refractivity contribution is -0.124. The average molecular weight is 298 g/mol. The Morgan fingerprint density at radius 2 is 1.90 bits per heavy atom. The van der Waals surface area contributed by atoms with Crippen molar-refractivity contribution >= 4 is 28.3 Å². The Balaban J connectivity index is 2.36. The minimum atomic E-state index is -0.265. The highest BCUT2D eigenvalue weighted by atomic mass is 32.1. The van der Waals surface area contributed by atoms with E-state index in [0.29, 0.717) is 5.13 Å². The van der Waals surface area contributed by atoms with Crippen molar-refractivity contribution < 1.29 is 9.59 Å². The van der Waals surface area contributed by atoms with Gasteiger partial charge in [-0.1, -0.05) is 0 Å². The van der Waals surface area contributed by atoms with Crippen LogP contribution in [0, 0.1) is 6.92 Å². The van der Waals surface area contributed by atoms with E-state index in [1.807, 2.05) is 33.1 Å². The molecule has 1 rings (SSSR count). The molecular formula is C13H22N4O2S. The number of rotatable bonds is 5. The van der Waals surface area contributed by atoms with Gasteiger partial charge in [0.25, 0.3) is 0 Å². The minimum absolute atomic E-state index is 0.0992. The molecule has 0 fully saturated rings. The highest BCUT2D eigenvalue weighted by molar-refractivity contribution is 7.13. The van der Waals surface area contributed by atoms with Gasteiger partial charge in [0.2, 0.25) is 11.8 Å². The van der Waals surface area contributed by atoms with Gasteiger partial charge in [-0.25, -0.2) is 4.98 Å². The number of carbonyl (C=O) groups excluding carboxylic acids is 2. The summed E-state index contributed by atoms with van der Waals surface area (Å²) >= 11 is 1.39. The van der Waals surface area contributed by atoms with Crippen molar-refractivity contribution in [2.45, 2.75) is 33.2 Å². The maximum absolute atomic E-state index is 11.8. The van der Waals surface area contributed by atoms with E-state index in [1.54, 1.807) is 11.9 Å². The number of thiazole rings is 1. The van der Waals surface area contributed by atoms with Crippen molar-refractivity contribution in [2.24, 2.45) is 0 Å². The Kier molecular flexibility index (Phi) is 5.64. The Labute approximate surface area is 123 Å². The van der Waals surface area contributed by atoms with Gasteiger partial charge in [0, 0.05) is 10.9 Å². The number of hydrogen-bond acceptors (Lipinski definition) is 5. The van der Waals surface area contributed by atoms with Crippen molar-refractivity contribution in [3.63, 3.8) is 0 Å². The molecule has 0 saturated heterocycles. The third-order valence-electron chi connectivity index (χ3n) is 2.21. The maximum atomic E-state index is 11.8. The third kappa shape index (κ3) is 6.63. The Morgan fingerprint density at radius 1 is 1.30 bits per heavy atom. The molecule has 0 atom stereocenters. The first-order valence-electron chi connectivity index (χ1n) is 6.37. The van der Waals surface area contributed by atoms with E-state index in [1.165, 1.54) is 11.3 Å². The van der Waals surface area contributed by atoms with Gasteiger partial charge in [0.05, 0.1) is 18.8 Å². The summed E-state index contributed by atoms with van der Waals surface area (Å²) in [5, 5.41) is 8.02. The average Bonchev–Trinajstić information content (AvgIpc) is 2.59. The molecule has 0 radical (unpaired) electrons. The van der Waals surface area contributed by atoms with Crippen LogP contribution in [0.5, 0.6) is 0 Å². The largest absolute Gasteiger partial charge is 0.350 e. The van der Waals surface area contributed by atoms with Crippen molar-refractivity contribution in [1.29, 1.82) is 0 Å². The van der Waals surface area contributed by atoms with Crippen LogP contribution in [0.15, 0.2) is 5.38 Å². The first-order chi connectivity index (χ1) is 9.15.